The van der Waals surface area contributed by atoms with E-state index >= 15 is 0 Å². The maximum Gasteiger partial charge on any atom is 0.371 e. The lowest BCUT2D eigenvalue weighted by atomic mass is 10.2. The molecule has 0 saturated carbocycles. The minimum atomic E-state index is -1.06. The van der Waals surface area contributed by atoms with Crippen molar-refractivity contribution < 1.29 is 19.4 Å². The van der Waals surface area contributed by atoms with Crippen molar-refractivity contribution in [3.8, 4) is 0 Å². The minimum Gasteiger partial charge on any atom is -0.475 e. The van der Waals surface area contributed by atoms with Gasteiger partial charge in [0.15, 0.2) is 0 Å². The zero-order chi connectivity index (χ0) is 12.0. The molecule has 5 nitrogen and oxygen atoms in total. The van der Waals surface area contributed by atoms with E-state index in [0.29, 0.717) is 5.76 Å². The molecule has 16 heavy (non-hydrogen) atoms. The standard InChI is InChI=1S/C11H17NO4/c1-8(12-6-2-3-7-13)9-4-5-10(16-9)11(14)15/h4-5,8,12-13H,2-3,6-7H2,1H3,(H,14,15). The van der Waals surface area contributed by atoms with Crippen molar-refractivity contribution in [1.29, 1.82) is 0 Å². The average molecular weight is 227 g/mol. The quantitative estimate of drug-likeness (QED) is 0.613. The summed E-state index contributed by atoms with van der Waals surface area (Å²) in [5.74, 6) is -0.487. The molecule has 1 unspecified atom stereocenters. The zero-order valence-corrected chi connectivity index (χ0v) is 9.27. The number of aliphatic hydroxyl groups is 1. The highest BCUT2D eigenvalue weighted by atomic mass is 16.4. The van der Waals surface area contributed by atoms with E-state index in [4.69, 9.17) is 14.6 Å². The molecule has 1 atom stereocenters. The van der Waals surface area contributed by atoms with Gasteiger partial charge >= 0.3 is 5.97 Å². The second kappa shape index (κ2) is 6.30. The number of hydrogen-bond donors (Lipinski definition) is 3. The summed E-state index contributed by atoms with van der Waals surface area (Å²) in [5.41, 5.74) is 0. The van der Waals surface area contributed by atoms with Crippen molar-refractivity contribution in [1.82, 2.24) is 5.32 Å². The summed E-state index contributed by atoms with van der Waals surface area (Å²) in [4.78, 5) is 10.6. The Labute approximate surface area is 94.1 Å². The number of furan rings is 1. The van der Waals surface area contributed by atoms with Gasteiger partial charge in [0.2, 0.25) is 5.76 Å². The summed E-state index contributed by atoms with van der Waals surface area (Å²) in [6, 6.07) is 3.09. The molecule has 90 valence electrons. The van der Waals surface area contributed by atoms with E-state index in [1.54, 1.807) is 6.07 Å². The molecule has 0 aliphatic heterocycles. The van der Waals surface area contributed by atoms with Gasteiger partial charge in [0.25, 0.3) is 0 Å². The van der Waals surface area contributed by atoms with Crippen molar-refractivity contribution in [3.63, 3.8) is 0 Å². The van der Waals surface area contributed by atoms with Crippen LogP contribution >= 0.6 is 0 Å². The van der Waals surface area contributed by atoms with Gasteiger partial charge in [-0.15, -0.1) is 0 Å². The van der Waals surface area contributed by atoms with Crippen LogP contribution in [-0.4, -0.2) is 29.3 Å². The molecule has 0 aromatic carbocycles. The van der Waals surface area contributed by atoms with Gasteiger partial charge in [-0.25, -0.2) is 4.79 Å². The SMILES string of the molecule is CC(NCCCCO)c1ccc(C(=O)O)o1. The summed E-state index contributed by atoms with van der Waals surface area (Å²) in [5, 5.41) is 20.5. The van der Waals surface area contributed by atoms with Crippen LogP contribution in [0.2, 0.25) is 0 Å². The predicted molar refractivity (Wildman–Crippen MR) is 58.4 cm³/mol. The van der Waals surface area contributed by atoms with E-state index in [1.807, 2.05) is 6.92 Å². The Kier molecular flexibility index (Phi) is 5.01. The number of hydrogen-bond acceptors (Lipinski definition) is 4. The van der Waals surface area contributed by atoms with Gasteiger partial charge in [0, 0.05) is 6.61 Å². The first-order valence-electron chi connectivity index (χ1n) is 5.32. The third-order valence-corrected chi connectivity index (χ3v) is 2.30. The van der Waals surface area contributed by atoms with Gasteiger partial charge in [0.1, 0.15) is 5.76 Å². The number of rotatable bonds is 7. The van der Waals surface area contributed by atoms with Crippen LogP contribution in [-0.2, 0) is 0 Å². The molecule has 0 fully saturated rings. The Morgan fingerprint density at radius 1 is 1.50 bits per heavy atom. The summed E-state index contributed by atoms with van der Waals surface area (Å²) >= 11 is 0. The van der Waals surface area contributed by atoms with Crippen molar-refractivity contribution in [2.75, 3.05) is 13.2 Å². The molecular formula is C11H17NO4. The fourth-order valence-electron chi connectivity index (χ4n) is 1.36. The Hall–Kier alpha value is -1.33. The van der Waals surface area contributed by atoms with E-state index in [2.05, 4.69) is 5.32 Å². The van der Waals surface area contributed by atoms with Crippen LogP contribution in [0, 0.1) is 0 Å². The van der Waals surface area contributed by atoms with E-state index < -0.39 is 5.97 Å². The number of carbonyl (C=O) groups is 1. The first kappa shape index (κ1) is 12.7. The monoisotopic (exact) mass is 227 g/mol. The van der Waals surface area contributed by atoms with E-state index in [1.165, 1.54) is 6.07 Å². The van der Waals surface area contributed by atoms with E-state index in [-0.39, 0.29) is 18.4 Å². The number of aromatic carboxylic acids is 1. The maximum atomic E-state index is 10.6. The molecule has 0 bridgehead atoms. The van der Waals surface area contributed by atoms with Crippen molar-refractivity contribution in [2.24, 2.45) is 0 Å². The van der Waals surface area contributed by atoms with Crippen molar-refractivity contribution >= 4 is 5.97 Å². The lowest BCUT2D eigenvalue weighted by molar-refractivity contribution is 0.0659. The van der Waals surface area contributed by atoms with Crippen LogP contribution in [0.4, 0.5) is 0 Å². The summed E-state index contributed by atoms with van der Waals surface area (Å²) in [7, 11) is 0. The Bertz CT molecular complexity index is 334. The smallest absolute Gasteiger partial charge is 0.371 e. The van der Waals surface area contributed by atoms with Gasteiger partial charge in [-0.3, -0.25) is 0 Å². The number of aliphatic hydroxyl groups excluding tert-OH is 1. The van der Waals surface area contributed by atoms with Gasteiger partial charge in [0.05, 0.1) is 6.04 Å². The van der Waals surface area contributed by atoms with Crippen LogP contribution < -0.4 is 5.32 Å². The third kappa shape index (κ3) is 3.67. The Morgan fingerprint density at radius 3 is 2.81 bits per heavy atom. The molecule has 5 heteroatoms. The van der Waals surface area contributed by atoms with Crippen molar-refractivity contribution in [3.05, 3.63) is 23.7 Å². The molecular weight excluding hydrogens is 210 g/mol. The highest BCUT2D eigenvalue weighted by Crippen LogP contribution is 2.16. The second-order valence-electron chi connectivity index (χ2n) is 3.61. The summed E-state index contributed by atoms with van der Waals surface area (Å²) in [6.07, 6.45) is 1.64. The minimum absolute atomic E-state index is 0.0215. The first-order valence-corrected chi connectivity index (χ1v) is 5.32. The molecule has 0 spiro atoms. The fourth-order valence-corrected chi connectivity index (χ4v) is 1.36. The average Bonchev–Trinajstić information content (AvgIpc) is 2.73. The van der Waals surface area contributed by atoms with Crippen LogP contribution in [0.15, 0.2) is 16.5 Å². The van der Waals surface area contributed by atoms with Crippen LogP contribution in [0.3, 0.4) is 0 Å². The Balaban J connectivity index is 2.40. The topological polar surface area (TPSA) is 82.7 Å². The number of nitrogens with one attached hydrogen (secondary N) is 1. The molecule has 1 aromatic rings. The lowest BCUT2D eigenvalue weighted by Crippen LogP contribution is -2.19. The molecule has 0 amide bonds. The first-order chi connectivity index (χ1) is 7.65. The highest BCUT2D eigenvalue weighted by Gasteiger charge is 2.13. The molecule has 0 aliphatic carbocycles. The third-order valence-electron chi connectivity index (χ3n) is 2.30. The molecule has 3 N–H and O–H groups in total. The van der Waals surface area contributed by atoms with Gasteiger partial charge in [-0.2, -0.15) is 0 Å². The normalized spacial score (nSPS) is 12.6. The van der Waals surface area contributed by atoms with Crippen LogP contribution in [0.25, 0.3) is 0 Å². The molecule has 1 aromatic heterocycles. The highest BCUT2D eigenvalue weighted by molar-refractivity contribution is 5.84. The maximum absolute atomic E-state index is 10.6. The largest absolute Gasteiger partial charge is 0.475 e. The zero-order valence-electron chi connectivity index (χ0n) is 9.27. The van der Waals surface area contributed by atoms with Crippen LogP contribution in [0.5, 0.6) is 0 Å². The van der Waals surface area contributed by atoms with E-state index in [0.717, 1.165) is 19.4 Å². The number of carboxylic acid groups (broad SMARTS) is 1. The van der Waals surface area contributed by atoms with Crippen LogP contribution in [0.1, 0.15) is 42.1 Å². The second-order valence-corrected chi connectivity index (χ2v) is 3.61. The molecule has 1 rings (SSSR count). The number of carboxylic acids is 1. The molecule has 0 radical (unpaired) electrons. The molecule has 0 aliphatic rings. The molecule has 1 heterocycles. The molecule has 0 saturated heterocycles. The van der Waals surface area contributed by atoms with E-state index in [9.17, 15) is 4.79 Å². The van der Waals surface area contributed by atoms with Gasteiger partial charge in [-0.05, 0) is 38.4 Å². The lowest BCUT2D eigenvalue weighted by Gasteiger charge is -2.10. The van der Waals surface area contributed by atoms with Crippen molar-refractivity contribution in [2.45, 2.75) is 25.8 Å². The predicted octanol–water partition coefficient (Wildman–Crippen LogP) is 1.40. The van der Waals surface area contributed by atoms with Gasteiger partial charge < -0.3 is 19.9 Å². The number of unbranched alkanes of at least 4 members (excludes halogenated alkanes) is 1. The fraction of sp³-hybridized carbons (Fsp3) is 0.545. The Morgan fingerprint density at radius 2 is 2.25 bits per heavy atom. The summed E-state index contributed by atoms with van der Waals surface area (Å²) < 4.78 is 5.15. The summed E-state index contributed by atoms with van der Waals surface area (Å²) in [6.45, 7) is 2.87. The van der Waals surface area contributed by atoms with Gasteiger partial charge in [-0.1, -0.05) is 0 Å².